The minimum absolute atomic E-state index is 0. The van der Waals surface area contributed by atoms with E-state index in [4.69, 9.17) is 9.96 Å². The average molecular weight is 550 g/mol. The van der Waals surface area contributed by atoms with E-state index in [1.54, 1.807) is 5.92 Å². The van der Waals surface area contributed by atoms with Crippen LogP contribution in [0.3, 0.4) is 0 Å². The van der Waals surface area contributed by atoms with Crippen LogP contribution < -0.4 is 0 Å². The average Bonchev–Trinajstić information content (AvgIpc) is 2.83. The molecule has 1 fully saturated rings. The number of benzene rings is 1. The zero-order valence-electron chi connectivity index (χ0n) is 23.0. The molecule has 32 heavy (non-hydrogen) atoms. The molecular formula is C27H50N2Si2Zr. The standard InChI is InChI=1S/C20H43N2Si2.C7H7.Zr/c1-16-17(14-23(8,9)21-19(2,3)4)12-13-18(16)15-24(10,11)22-20(5,6)7;1-7-5-3-2-4-6-7;/h17-18H,12-15H2,1-11H3;2-6H,1H2;/q-3;-1;+4. The fourth-order valence-corrected chi connectivity index (χ4v) is 12.6. The third-order valence-corrected chi connectivity index (χ3v) is 11.3. The third kappa shape index (κ3) is 13.9. The Bertz CT molecular complexity index is 610. The van der Waals surface area contributed by atoms with Crippen molar-refractivity contribution in [2.75, 3.05) is 0 Å². The maximum atomic E-state index is 5.20. The van der Waals surface area contributed by atoms with E-state index < -0.39 is 16.5 Å². The SMILES string of the molecule is C[C-]1C(C[Si](C)(C)[N-]C(C)(C)C)CCC1C[Si](C)(C)[N-]C(C)(C)C.[CH2-]c1ccccc1.[Zr+4]. The van der Waals surface area contributed by atoms with Crippen LogP contribution in [0.25, 0.3) is 9.96 Å². The van der Waals surface area contributed by atoms with Crippen LogP contribution in [-0.2, 0) is 26.2 Å². The van der Waals surface area contributed by atoms with Crippen molar-refractivity contribution >= 4 is 16.5 Å². The fraction of sp³-hybridized carbons (Fsp3) is 0.704. The summed E-state index contributed by atoms with van der Waals surface area (Å²) in [7, 11) is -2.96. The van der Waals surface area contributed by atoms with Gasteiger partial charge in [0.05, 0.1) is 0 Å². The Hall–Kier alpha value is 0.327. The minimum Gasteiger partial charge on any atom is -0.660 e. The molecule has 0 N–H and O–H groups in total. The van der Waals surface area contributed by atoms with Crippen molar-refractivity contribution in [2.45, 2.75) is 111 Å². The van der Waals surface area contributed by atoms with Crippen molar-refractivity contribution in [3.8, 4) is 0 Å². The summed E-state index contributed by atoms with van der Waals surface area (Å²) in [5.41, 5.74) is 1.30. The Morgan fingerprint density at radius 3 is 1.41 bits per heavy atom. The number of rotatable bonds is 6. The van der Waals surface area contributed by atoms with E-state index in [1.165, 1.54) is 24.9 Å². The summed E-state index contributed by atoms with van der Waals surface area (Å²) in [5.74, 6) is 3.38. The summed E-state index contributed by atoms with van der Waals surface area (Å²) in [6.45, 7) is 29.4. The fourth-order valence-electron chi connectivity index (χ4n) is 5.31. The molecule has 1 aliphatic rings. The smallest absolute Gasteiger partial charge is 0.660 e. The number of hydrogen-bond acceptors (Lipinski definition) is 0. The van der Waals surface area contributed by atoms with Gasteiger partial charge in [-0.05, 0) is 0 Å². The summed E-state index contributed by atoms with van der Waals surface area (Å²) < 4.78 is 0. The van der Waals surface area contributed by atoms with Gasteiger partial charge in [-0.25, -0.2) is 0 Å². The summed E-state index contributed by atoms with van der Waals surface area (Å²) in [5, 5.41) is 0. The normalized spacial score (nSPS) is 20.3. The molecule has 0 aliphatic heterocycles. The summed E-state index contributed by atoms with van der Waals surface area (Å²) in [6, 6.07) is 12.6. The molecule has 0 spiro atoms. The molecule has 1 aromatic carbocycles. The van der Waals surface area contributed by atoms with Gasteiger partial charge in [-0.1, -0.05) is 115 Å². The van der Waals surface area contributed by atoms with Gasteiger partial charge in [-0.3, -0.25) is 0 Å². The van der Waals surface area contributed by atoms with E-state index in [9.17, 15) is 0 Å². The maximum Gasteiger partial charge on any atom is 4.00 e. The molecule has 2 atom stereocenters. The van der Waals surface area contributed by atoms with Crippen LogP contribution >= 0.6 is 0 Å². The molecule has 2 nitrogen and oxygen atoms in total. The van der Waals surface area contributed by atoms with Crippen LogP contribution in [0.2, 0.25) is 38.3 Å². The summed E-state index contributed by atoms with van der Waals surface area (Å²) in [6.07, 6.45) is 2.76. The van der Waals surface area contributed by atoms with Crippen molar-refractivity contribution in [3.63, 3.8) is 0 Å². The van der Waals surface area contributed by atoms with Gasteiger partial charge in [0.2, 0.25) is 0 Å². The molecule has 180 valence electrons. The molecule has 0 radical (unpaired) electrons. The molecular weight excluding hydrogens is 500 g/mol. The summed E-state index contributed by atoms with van der Waals surface area (Å²) >= 11 is 0. The Kier molecular flexibility index (Phi) is 13.0. The first-order valence-electron chi connectivity index (χ1n) is 12.1. The molecule has 0 saturated heterocycles. The van der Waals surface area contributed by atoms with Crippen molar-refractivity contribution in [2.24, 2.45) is 11.8 Å². The molecule has 2 unspecified atom stereocenters. The van der Waals surface area contributed by atoms with Gasteiger partial charge < -0.3 is 15.9 Å². The molecule has 0 bridgehead atoms. The van der Waals surface area contributed by atoms with Gasteiger partial charge >= 0.3 is 26.2 Å². The van der Waals surface area contributed by atoms with Crippen LogP contribution in [0.1, 0.15) is 66.9 Å². The first-order valence-corrected chi connectivity index (χ1v) is 18.4. The number of nitrogens with zero attached hydrogens (tertiary/aromatic N) is 2. The Morgan fingerprint density at radius 2 is 1.16 bits per heavy atom. The minimum atomic E-state index is -1.48. The van der Waals surface area contributed by atoms with Crippen molar-refractivity contribution in [1.82, 2.24) is 0 Å². The second-order valence-electron chi connectivity index (χ2n) is 12.8. The van der Waals surface area contributed by atoms with Gasteiger partial charge in [0, 0.05) is 0 Å². The zero-order valence-corrected chi connectivity index (χ0v) is 27.4. The zero-order chi connectivity index (χ0) is 24.1. The molecule has 1 saturated carbocycles. The molecule has 0 heterocycles. The van der Waals surface area contributed by atoms with Gasteiger partial charge in [0.1, 0.15) is 0 Å². The molecule has 0 amide bonds. The molecule has 0 aromatic heterocycles. The summed E-state index contributed by atoms with van der Waals surface area (Å²) in [4.78, 5) is 10.4. The topological polar surface area (TPSA) is 28.2 Å². The number of hydrogen-bond donors (Lipinski definition) is 0. The first-order chi connectivity index (χ1) is 13.9. The van der Waals surface area contributed by atoms with E-state index in [1.807, 2.05) is 30.3 Å². The van der Waals surface area contributed by atoms with E-state index in [0.717, 1.165) is 17.4 Å². The monoisotopic (exact) mass is 548 g/mol. The van der Waals surface area contributed by atoms with Gasteiger partial charge in [0.25, 0.3) is 0 Å². The van der Waals surface area contributed by atoms with Gasteiger partial charge in [-0.15, -0.1) is 23.2 Å². The maximum absolute atomic E-state index is 5.20. The van der Waals surface area contributed by atoms with E-state index >= 15 is 0 Å². The third-order valence-electron chi connectivity index (χ3n) is 5.76. The van der Waals surface area contributed by atoms with Crippen LogP contribution in [0, 0.1) is 24.7 Å². The quantitative estimate of drug-likeness (QED) is 0.250. The van der Waals surface area contributed by atoms with Crippen molar-refractivity contribution in [3.05, 3.63) is 58.7 Å². The van der Waals surface area contributed by atoms with Crippen LogP contribution in [0.15, 0.2) is 30.3 Å². The van der Waals surface area contributed by atoms with E-state index in [-0.39, 0.29) is 37.3 Å². The van der Waals surface area contributed by atoms with Crippen molar-refractivity contribution in [1.29, 1.82) is 0 Å². The Morgan fingerprint density at radius 1 is 0.812 bits per heavy atom. The van der Waals surface area contributed by atoms with Gasteiger partial charge in [-0.2, -0.15) is 43.4 Å². The van der Waals surface area contributed by atoms with E-state index in [2.05, 4.69) is 81.6 Å². The molecule has 1 aromatic rings. The van der Waals surface area contributed by atoms with Crippen LogP contribution in [0.4, 0.5) is 0 Å². The van der Waals surface area contributed by atoms with Crippen molar-refractivity contribution < 1.29 is 26.2 Å². The predicted octanol–water partition coefficient (Wildman–Crippen LogP) is 9.23. The molecule has 5 heteroatoms. The second kappa shape index (κ2) is 12.9. The van der Waals surface area contributed by atoms with E-state index in [0.29, 0.717) is 0 Å². The Balaban J connectivity index is 0.00000102. The Labute approximate surface area is 222 Å². The van der Waals surface area contributed by atoms with Crippen LogP contribution in [-0.4, -0.2) is 27.5 Å². The second-order valence-corrected chi connectivity index (χ2v) is 21.3. The molecule has 1 aliphatic carbocycles. The predicted molar refractivity (Wildman–Crippen MR) is 147 cm³/mol. The molecule has 2 rings (SSSR count). The van der Waals surface area contributed by atoms with Gasteiger partial charge in [0.15, 0.2) is 0 Å². The first kappa shape index (κ1) is 32.3. The largest absolute Gasteiger partial charge is 4.00 e. The van der Waals surface area contributed by atoms with Crippen LogP contribution in [0.5, 0.6) is 0 Å².